The molecule has 4 nitrogen and oxygen atoms in total. The average molecular weight is 297 g/mol. The lowest BCUT2D eigenvalue weighted by molar-refractivity contribution is -0.122. The molecule has 1 fully saturated rings. The summed E-state index contributed by atoms with van der Waals surface area (Å²) in [6.45, 7) is 0.359. The molecular weight excluding hydrogens is 276 g/mol. The fourth-order valence-corrected chi connectivity index (χ4v) is 2.96. The van der Waals surface area contributed by atoms with E-state index in [2.05, 4.69) is 5.32 Å². The predicted octanol–water partition coefficient (Wildman–Crippen LogP) is 2.63. The van der Waals surface area contributed by atoms with Crippen molar-refractivity contribution in [3.63, 3.8) is 0 Å². The van der Waals surface area contributed by atoms with E-state index in [9.17, 15) is 4.79 Å². The summed E-state index contributed by atoms with van der Waals surface area (Å²) in [4.78, 5) is 12.0. The van der Waals surface area contributed by atoms with Gasteiger partial charge in [-0.15, -0.1) is 0 Å². The largest absolute Gasteiger partial charge is 0.496 e. The van der Waals surface area contributed by atoms with Crippen LogP contribution in [0.4, 0.5) is 0 Å². The molecule has 0 radical (unpaired) electrons. The minimum absolute atomic E-state index is 0.0311. The third-order valence-corrected chi connectivity index (χ3v) is 4.22. The van der Waals surface area contributed by atoms with Crippen LogP contribution in [0.5, 0.6) is 5.75 Å². The first-order valence-electron chi connectivity index (χ1n) is 6.91. The SMILES string of the molecule is COc1cccc(Cl)c1CNC(=O)CC1(N)CCCC1. The lowest BCUT2D eigenvalue weighted by Gasteiger charge is -2.22. The summed E-state index contributed by atoms with van der Waals surface area (Å²) in [5.74, 6) is 0.650. The number of methoxy groups -OCH3 is 1. The van der Waals surface area contributed by atoms with E-state index in [1.165, 1.54) is 0 Å². The number of carbonyl (C=O) groups is 1. The lowest BCUT2D eigenvalue weighted by Crippen LogP contribution is -2.42. The van der Waals surface area contributed by atoms with E-state index in [-0.39, 0.29) is 11.4 Å². The highest BCUT2D eigenvalue weighted by Gasteiger charge is 2.31. The zero-order chi connectivity index (χ0) is 14.6. The number of halogens is 1. The van der Waals surface area contributed by atoms with Crippen molar-refractivity contribution in [2.24, 2.45) is 5.73 Å². The number of benzene rings is 1. The van der Waals surface area contributed by atoms with Crippen LogP contribution >= 0.6 is 11.6 Å². The Morgan fingerprint density at radius 3 is 2.80 bits per heavy atom. The summed E-state index contributed by atoms with van der Waals surface area (Å²) in [7, 11) is 1.59. The third kappa shape index (κ3) is 3.64. The van der Waals surface area contributed by atoms with Crippen molar-refractivity contribution < 1.29 is 9.53 Å². The molecule has 0 heterocycles. The van der Waals surface area contributed by atoms with Crippen molar-refractivity contribution in [1.82, 2.24) is 5.32 Å². The summed E-state index contributed by atoms with van der Waals surface area (Å²) in [5.41, 5.74) is 6.67. The molecule has 1 amide bonds. The predicted molar refractivity (Wildman–Crippen MR) is 79.9 cm³/mol. The maximum atomic E-state index is 12.0. The van der Waals surface area contributed by atoms with Gasteiger partial charge >= 0.3 is 0 Å². The summed E-state index contributed by atoms with van der Waals surface area (Å²) >= 11 is 6.13. The van der Waals surface area contributed by atoms with Crippen LogP contribution in [0.1, 0.15) is 37.7 Å². The number of carbonyl (C=O) groups excluding carboxylic acids is 1. The van der Waals surface area contributed by atoms with Gasteiger partial charge in [0, 0.05) is 29.1 Å². The van der Waals surface area contributed by atoms with Gasteiger partial charge in [-0.25, -0.2) is 0 Å². The van der Waals surface area contributed by atoms with Crippen LogP contribution < -0.4 is 15.8 Å². The molecule has 0 aliphatic heterocycles. The molecule has 3 N–H and O–H groups in total. The van der Waals surface area contributed by atoms with E-state index >= 15 is 0 Å². The smallest absolute Gasteiger partial charge is 0.222 e. The zero-order valence-electron chi connectivity index (χ0n) is 11.7. The van der Waals surface area contributed by atoms with Gasteiger partial charge in [-0.3, -0.25) is 4.79 Å². The second-order valence-electron chi connectivity index (χ2n) is 5.44. The van der Waals surface area contributed by atoms with Crippen LogP contribution in [0.3, 0.4) is 0 Å². The van der Waals surface area contributed by atoms with E-state index in [1.54, 1.807) is 13.2 Å². The average Bonchev–Trinajstić information content (AvgIpc) is 2.83. The topological polar surface area (TPSA) is 64.3 Å². The minimum atomic E-state index is -0.325. The highest BCUT2D eigenvalue weighted by molar-refractivity contribution is 6.31. The first kappa shape index (κ1) is 15.1. The fraction of sp³-hybridized carbons (Fsp3) is 0.533. The molecule has 0 unspecified atom stereocenters. The second-order valence-corrected chi connectivity index (χ2v) is 5.85. The number of ether oxygens (including phenoxy) is 1. The Labute approximate surface area is 124 Å². The van der Waals surface area contributed by atoms with Gasteiger partial charge in [0.05, 0.1) is 7.11 Å². The third-order valence-electron chi connectivity index (χ3n) is 3.87. The summed E-state index contributed by atoms with van der Waals surface area (Å²) in [6, 6.07) is 5.43. The molecule has 1 aliphatic carbocycles. The normalized spacial score (nSPS) is 16.9. The number of amides is 1. The molecule has 0 aromatic heterocycles. The van der Waals surface area contributed by atoms with Gasteiger partial charge in [-0.05, 0) is 25.0 Å². The van der Waals surface area contributed by atoms with Gasteiger partial charge in [0.2, 0.25) is 5.91 Å². The zero-order valence-corrected chi connectivity index (χ0v) is 12.5. The van der Waals surface area contributed by atoms with Gasteiger partial charge < -0.3 is 15.8 Å². The van der Waals surface area contributed by atoms with Crippen molar-refractivity contribution in [3.8, 4) is 5.75 Å². The monoisotopic (exact) mass is 296 g/mol. The minimum Gasteiger partial charge on any atom is -0.496 e. The molecular formula is C15H21ClN2O2. The second kappa shape index (κ2) is 6.46. The Morgan fingerprint density at radius 1 is 1.45 bits per heavy atom. The molecule has 0 bridgehead atoms. The van der Waals surface area contributed by atoms with E-state index in [0.717, 1.165) is 31.2 Å². The maximum absolute atomic E-state index is 12.0. The van der Waals surface area contributed by atoms with E-state index in [1.807, 2.05) is 12.1 Å². The first-order chi connectivity index (χ1) is 9.54. The van der Waals surface area contributed by atoms with Crippen molar-refractivity contribution >= 4 is 17.5 Å². The number of nitrogens with two attached hydrogens (primary N) is 1. The van der Waals surface area contributed by atoms with Gasteiger partial charge in [0.1, 0.15) is 5.75 Å². The van der Waals surface area contributed by atoms with E-state index in [0.29, 0.717) is 23.7 Å². The Kier molecular flexibility index (Phi) is 4.89. The van der Waals surface area contributed by atoms with Crippen molar-refractivity contribution in [2.75, 3.05) is 7.11 Å². The molecule has 2 rings (SSSR count). The number of hydrogen-bond acceptors (Lipinski definition) is 3. The quantitative estimate of drug-likeness (QED) is 0.878. The van der Waals surface area contributed by atoms with Crippen LogP contribution in [0.25, 0.3) is 0 Å². The standard InChI is InChI=1S/C15H21ClN2O2/c1-20-13-6-4-5-12(16)11(13)10-18-14(19)9-15(17)7-2-3-8-15/h4-6H,2-3,7-10,17H2,1H3,(H,18,19). The Balaban J connectivity index is 1.93. The first-order valence-corrected chi connectivity index (χ1v) is 7.29. The summed E-state index contributed by atoms with van der Waals surface area (Å²) < 4.78 is 5.25. The molecule has 0 spiro atoms. The number of nitrogens with one attached hydrogen (secondary N) is 1. The van der Waals surface area contributed by atoms with Gasteiger partial charge in [0.15, 0.2) is 0 Å². The highest BCUT2D eigenvalue weighted by Crippen LogP contribution is 2.30. The molecule has 1 aromatic rings. The Bertz CT molecular complexity index is 485. The van der Waals surface area contributed by atoms with Crippen molar-refractivity contribution in [2.45, 2.75) is 44.2 Å². The molecule has 1 aromatic carbocycles. The maximum Gasteiger partial charge on any atom is 0.222 e. The molecule has 1 saturated carbocycles. The van der Waals surface area contributed by atoms with Crippen molar-refractivity contribution in [3.05, 3.63) is 28.8 Å². The summed E-state index contributed by atoms with van der Waals surface area (Å²) in [6.07, 6.45) is 4.45. The Hall–Kier alpha value is -1.26. The van der Waals surface area contributed by atoms with Gasteiger partial charge in [-0.2, -0.15) is 0 Å². The van der Waals surface area contributed by atoms with Crippen LogP contribution in [0.2, 0.25) is 5.02 Å². The molecule has 110 valence electrons. The molecule has 20 heavy (non-hydrogen) atoms. The number of rotatable bonds is 5. The molecule has 1 aliphatic rings. The molecule has 0 saturated heterocycles. The fourth-order valence-electron chi connectivity index (χ4n) is 2.73. The van der Waals surface area contributed by atoms with E-state index in [4.69, 9.17) is 22.1 Å². The molecule has 5 heteroatoms. The van der Waals surface area contributed by atoms with Gasteiger partial charge in [0.25, 0.3) is 0 Å². The summed E-state index contributed by atoms with van der Waals surface area (Å²) in [5, 5.41) is 3.47. The van der Waals surface area contributed by atoms with Crippen LogP contribution in [0.15, 0.2) is 18.2 Å². The van der Waals surface area contributed by atoms with Crippen LogP contribution in [0, 0.1) is 0 Å². The van der Waals surface area contributed by atoms with Crippen LogP contribution in [-0.4, -0.2) is 18.6 Å². The van der Waals surface area contributed by atoms with E-state index < -0.39 is 0 Å². The van der Waals surface area contributed by atoms with Crippen LogP contribution in [-0.2, 0) is 11.3 Å². The number of hydrogen-bond donors (Lipinski definition) is 2. The van der Waals surface area contributed by atoms with Gasteiger partial charge in [-0.1, -0.05) is 30.5 Å². The van der Waals surface area contributed by atoms with Crippen molar-refractivity contribution in [1.29, 1.82) is 0 Å². The lowest BCUT2D eigenvalue weighted by atomic mass is 9.94. The highest BCUT2D eigenvalue weighted by atomic mass is 35.5. The molecule has 0 atom stereocenters. The Morgan fingerprint density at radius 2 is 2.15 bits per heavy atom.